The number of hydrogen-bond donors (Lipinski definition) is 1. The second-order valence-corrected chi connectivity index (χ2v) is 6.85. The highest BCUT2D eigenvalue weighted by atomic mass is 32.2. The summed E-state index contributed by atoms with van der Waals surface area (Å²) in [7, 11) is -3.55. The summed E-state index contributed by atoms with van der Waals surface area (Å²) in [5, 5.41) is 9.35. The Morgan fingerprint density at radius 2 is 1.90 bits per heavy atom. The molecular weight excluding hydrogens is 274 g/mol. The molecule has 0 saturated carbocycles. The van der Waals surface area contributed by atoms with Crippen LogP contribution < -0.4 is 0 Å². The van der Waals surface area contributed by atoms with Crippen LogP contribution in [-0.2, 0) is 16.6 Å². The Morgan fingerprint density at radius 1 is 1.25 bits per heavy atom. The minimum absolute atomic E-state index is 0.0432. The van der Waals surface area contributed by atoms with Gasteiger partial charge in [0.05, 0.1) is 11.5 Å². The molecule has 20 heavy (non-hydrogen) atoms. The molecule has 0 aliphatic heterocycles. The van der Waals surface area contributed by atoms with Gasteiger partial charge in [-0.1, -0.05) is 38.5 Å². The molecule has 4 nitrogen and oxygen atoms in total. The highest BCUT2D eigenvalue weighted by molar-refractivity contribution is 7.89. The standard InChI is InChI=1S/C15H25NO3S/c1-4-6-11-16(13(3)5-2)20(18,19)15-10-8-7-9-14(15)12-17/h7-10,13,17H,4-6,11-12H2,1-3H3. The summed E-state index contributed by atoms with van der Waals surface area (Å²) in [6.07, 6.45) is 2.55. The van der Waals surface area contributed by atoms with Crippen LogP contribution in [0.2, 0.25) is 0 Å². The lowest BCUT2D eigenvalue weighted by Gasteiger charge is -2.28. The second-order valence-electron chi connectivity index (χ2n) is 4.99. The van der Waals surface area contributed by atoms with Gasteiger partial charge < -0.3 is 5.11 Å². The van der Waals surface area contributed by atoms with E-state index in [0.717, 1.165) is 19.3 Å². The van der Waals surface area contributed by atoms with Gasteiger partial charge >= 0.3 is 0 Å². The first-order valence-corrected chi connectivity index (χ1v) is 8.63. The maximum absolute atomic E-state index is 12.8. The molecule has 0 bridgehead atoms. The maximum Gasteiger partial charge on any atom is 0.243 e. The van der Waals surface area contributed by atoms with E-state index in [-0.39, 0.29) is 17.5 Å². The average molecular weight is 299 g/mol. The first-order chi connectivity index (χ1) is 9.48. The lowest BCUT2D eigenvalue weighted by molar-refractivity contribution is 0.277. The first kappa shape index (κ1) is 17.1. The predicted octanol–water partition coefficient (Wildman–Crippen LogP) is 2.77. The molecule has 1 aromatic carbocycles. The molecule has 0 amide bonds. The molecule has 1 atom stereocenters. The maximum atomic E-state index is 12.8. The zero-order chi connectivity index (χ0) is 15.2. The van der Waals surface area contributed by atoms with Crippen molar-refractivity contribution in [2.75, 3.05) is 6.54 Å². The molecule has 1 N–H and O–H groups in total. The third-order valence-electron chi connectivity index (χ3n) is 3.54. The normalized spacial score (nSPS) is 13.7. The molecule has 5 heteroatoms. The van der Waals surface area contributed by atoms with Crippen LogP contribution in [0.15, 0.2) is 29.2 Å². The molecule has 0 saturated heterocycles. The molecule has 0 aliphatic carbocycles. The van der Waals surface area contributed by atoms with E-state index in [4.69, 9.17) is 0 Å². The quantitative estimate of drug-likeness (QED) is 0.803. The van der Waals surface area contributed by atoms with Crippen LogP contribution in [-0.4, -0.2) is 30.4 Å². The third-order valence-corrected chi connectivity index (χ3v) is 5.66. The van der Waals surface area contributed by atoms with Crippen LogP contribution in [0.25, 0.3) is 0 Å². The van der Waals surface area contributed by atoms with E-state index in [1.807, 2.05) is 20.8 Å². The summed E-state index contributed by atoms with van der Waals surface area (Å²) in [6, 6.07) is 6.62. The lowest BCUT2D eigenvalue weighted by Crippen LogP contribution is -2.39. The van der Waals surface area contributed by atoms with Crippen LogP contribution in [0, 0.1) is 0 Å². The number of nitrogens with zero attached hydrogens (tertiary/aromatic N) is 1. The monoisotopic (exact) mass is 299 g/mol. The van der Waals surface area contributed by atoms with Crippen LogP contribution >= 0.6 is 0 Å². The van der Waals surface area contributed by atoms with Crippen LogP contribution in [0.4, 0.5) is 0 Å². The van der Waals surface area contributed by atoms with E-state index in [9.17, 15) is 13.5 Å². The number of rotatable bonds is 8. The fourth-order valence-electron chi connectivity index (χ4n) is 2.11. The van der Waals surface area contributed by atoms with Gasteiger partial charge in [-0.3, -0.25) is 0 Å². The number of hydrogen-bond acceptors (Lipinski definition) is 3. The smallest absolute Gasteiger partial charge is 0.243 e. The molecule has 1 aromatic rings. The van der Waals surface area contributed by atoms with Gasteiger partial charge in [-0.25, -0.2) is 8.42 Å². The fourth-order valence-corrected chi connectivity index (χ4v) is 4.07. The van der Waals surface area contributed by atoms with Crippen molar-refractivity contribution >= 4 is 10.0 Å². The van der Waals surface area contributed by atoms with Gasteiger partial charge in [0.1, 0.15) is 0 Å². The Bertz CT molecular complexity index is 514. The Hall–Kier alpha value is -0.910. The van der Waals surface area contributed by atoms with E-state index < -0.39 is 10.0 Å². The van der Waals surface area contributed by atoms with E-state index >= 15 is 0 Å². The van der Waals surface area contributed by atoms with Crippen molar-refractivity contribution in [2.45, 2.75) is 57.6 Å². The van der Waals surface area contributed by atoms with E-state index in [0.29, 0.717) is 12.1 Å². The molecule has 0 heterocycles. The van der Waals surface area contributed by atoms with E-state index in [2.05, 4.69) is 0 Å². The summed E-state index contributed by atoms with van der Waals surface area (Å²) < 4.78 is 27.2. The Labute approximate surface area is 122 Å². The van der Waals surface area contributed by atoms with Gasteiger partial charge in [-0.2, -0.15) is 4.31 Å². The van der Waals surface area contributed by atoms with Crippen molar-refractivity contribution in [1.29, 1.82) is 0 Å². The SMILES string of the molecule is CCCCN(C(C)CC)S(=O)(=O)c1ccccc1CO. The van der Waals surface area contributed by atoms with Crippen LogP contribution in [0.5, 0.6) is 0 Å². The number of benzene rings is 1. The molecule has 0 fully saturated rings. The molecular formula is C15H25NO3S. The van der Waals surface area contributed by atoms with Crippen LogP contribution in [0.1, 0.15) is 45.6 Å². The van der Waals surface area contributed by atoms with Crippen LogP contribution in [0.3, 0.4) is 0 Å². The van der Waals surface area contributed by atoms with E-state index in [1.165, 1.54) is 0 Å². The minimum atomic E-state index is -3.55. The van der Waals surface area contributed by atoms with Gasteiger partial charge in [0.25, 0.3) is 0 Å². The zero-order valence-electron chi connectivity index (χ0n) is 12.5. The van der Waals surface area contributed by atoms with Crippen molar-refractivity contribution < 1.29 is 13.5 Å². The summed E-state index contributed by atoms with van der Waals surface area (Å²) >= 11 is 0. The molecule has 1 unspecified atom stereocenters. The third kappa shape index (κ3) is 3.81. The minimum Gasteiger partial charge on any atom is -0.392 e. The number of sulfonamides is 1. The van der Waals surface area contributed by atoms with Gasteiger partial charge in [0.15, 0.2) is 0 Å². The number of unbranched alkanes of at least 4 members (excludes halogenated alkanes) is 1. The van der Waals surface area contributed by atoms with Crippen molar-refractivity contribution in [2.24, 2.45) is 0 Å². The molecule has 1 rings (SSSR count). The molecule has 0 radical (unpaired) electrons. The predicted molar refractivity (Wildman–Crippen MR) is 80.9 cm³/mol. The van der Waals surface area contributed by atoms with Crippen molar-refractivity contribution in [1.82, 2.24) is 4.31 Å². The Morgan fingerprint density at radius 3 is 2.45 bits per heavy atom. The average Bonchev–Trinajstić information content (AvgIpc) is 2.46. The van der Waals surface area contributed by atoms with Gasteiger partial charge in [0, 0.05) is 12.6 Å². The molecule has 0 aromatic heterocycles. The van der Waals surface area contributed by atoms with Gasteiger partial charge in [-0.15, -0.1) is 0 Å². The first-order valence-electron chi connectivity index (χ1n) is 7.19. The highest BCUT2D eigenvalue weighted by Crippen LogP contribution is 2.23. The molecule has 0 aliphatic rings. The van der Waals surface area contributed by atoms with E-state index in [1.54, 1.807) is 28.6 Å². The topological polar surface area (TPSA) is 57.6 Å². The van der Waals surface area contributed by atoms with Crippen molar-refractivity contribution in [3.8, 4) is 0 Å². The zero-order valence-corrected chi connectivity index (χ0v) is 13.4. The Kier molecular flexibility index (Phi) is 6.65. The summed E-state index contributed by atoms with van der Waals surface area (Å²) in [5.41, 5.74) is 0.456. The van der Waals surface area contributed by atoms with Crippen molar-refractivity contribution in [3.05, 3.63) is 29.8 Å². The number of aliphatic hydroxyl groups is 1. The Balaban J connectivity index is 3.21. The lowest BCUT2D eigenvalue weighted by atomic mass is 10.2. The summed E-state index contributed by atoms with van der Waals surface area (Å²) in [4.78, 5) is 0.221. The summed E-state index contributed by atoms with van der Waals surface area (Å²) in [6.45, 7) is 6.21. The molecule has 114 valence electrons. The fraction of sp³-hybridized carbons (Fsp3) is 0.600. The highest BCUT2D eigenvalue weighted by Gasteiger charge is 2.29. The largest absolute Gasteiger partial charge is 0.392 e. The summed E-state index contributed by atoms with van der Waals surface area (Å²) in [5.74, 6) is 0. The van der Waals surface area contributed by atoms with Gasteiger partial charge in [-0.05, 0) is 31.4 Å². The van der Waals surface area contributed by atoms with Crippen molar-refractivity contribution in [3.63, 3.8) is 0 Å². The number of aliphatic hydroxyl groups excluding tert-OH is 1. The second kappa shape index (κ2) is 7.76. The molecule has 0 spiro atoms. The van der Waals surface area contributed by atoms with Gasteiger partial charge in [0.2, 0.25) is 10.0 Å².